The van der Waals surface area contributed by atoms with Gasteiger partial charge in [-0.15, -0.1) is 0 Å². The third-order valence-corrected chi connectivity index (χ3v) is 4.56. The highest BCUT2D eigenvalue weighted by molar-refractivity contribution is 6.32. The monoisotopic (exact) mass is 368 g/mol. The van der Waals surface area contributed by atoms with E-state index in [0.717, 1.165) is 11.3 Å². The van der Waals surface area contributed by atoms with Crippen LogP contribution >= 0.6 is 11.6 Å². The zero-order chi connectivity index (χ0) is 18.1. The lowest BCUT2D eigenvalue weighted by Crippen LogP contribution is -2.42. The zero-order valence-corrected chi connectivity index (χ0v) is 14.8. The fourth-order valence-electron chi connectivity index (χ4n) is 3.11. The van der Waals surface area contributed by atoms with E-state index in [1.165, 1.54) is 0 Å². The minimum atomic E-state index is -0.479. The number of morpholine rings is 1. The summed E-state index contributed by atoms with van der Waals surface area (Å²) in [5.41, 5.74) is 1.66. The molecule has 1 N–H and O–H groups in total. The topological polar surface area (TPSA) is 69.0 Å². The van der Waals surface area contributed by atoms with E-state index in [1.54, 1.807) is 10.7 Å². The van der Waals surface area contributed by atoms with Crippen molar-refractivity contribution in [1.82, 2.24) is 20.1 Å². The third kappa shape index (κ3) is 3.09. The van der Waals surface area contributed by atoms with Gasteiger partial charge in [0, 0.05) is 0 Å². The second-order valence-electron chi connectivity index (χ2n) is 6.07. The first kappa shape index (κ1) is 16.8. The van der Waals surface area contributed by atoms with Gasteiger partial charge >= 0.3 is 0 Å². The van der Waals surface area contributed by atoms with Gasteiger partial charge in [-0.2, -0.15) is 5.10 Å². The Morgan fingerprint density at radius 3 is 2.65 bits per heavy atom. The Labute approximate surface area is 155 Å². The molecule has 2 atom stereocenters. The molecule has 0 unspecified atom stereocenters. The number of carbonyl (C=O) groups excluding carboxylic acids is 1. The van der Waals surface area contributed by atoms with Gasteiger partial charge in [0.2, 0.25) is 5.91 Å². The van der Waals surface area contributed by atoms with Crippen LogP contribution in [0.2, 0.25) is 5.02 Å². The number of carbonyl (C=O) groups is 1. The first-order chi connectivity index (χ1) is 12.6. The average molecular weight is 369 g/mol. The number of amides is 1. The number of halogens is 1. The highest BCUT2D eigenvalue weighted by Crippen LogP contribution is 2.35. The van der Waals surface area contributed by atoms with Crippen LogP contribution in [-0.4, -0.2) is 27.3 Å². The Bertz CT molecular complexity index is 942. The molecular formula is C19H17ClN4O2. The van der Waals surface area contributed by atoms with Crippen molar-refractivity contribution >= 4 is 17.5 Å². The third-order valence-electron chi connectivity index (χ3n) is 4.25. The van der Waals surface area contributed by atoms with Gasteiger partial charge in [-0.1, -0.05) is 54.1 Å². The Kier molecular flexibility index (Phi) is 4.44. The molecule has 4 rings (SSSR count). The lowest BCUT2D eigenvalue weighted by Gasteiger charge is -2.32. The van der Waals surface area contributed by atoms with E-state index in [9.17, 15) is 4.79 Å². The van der Waals surface area contributed by atoms with E-state index in [4.69, 9.17) is 16.3 Å². The minimum Gasteiger partial charge on any atom is -0.358 e. The van der Waals surface area contributed by atoms with Crippen molar-refractivity contribution in [2.75, 3.05) is 6.61 Å². The highest BCUT2D eigenvalue weighted by atomic mass is 35.5. The molecule has 1 aromatic heterocycles. The molecule has 3 aromatic rings. The molecule has 0 aliphatic carbocycles. The fourth-order valence-corrected chi connectivity index (χ4v) is 3.33. The number of hydrogen-bond donors (Lipinski definition) is 1. The van der Waals surface area contributed by atoms with E-state index in [0.29, 0.717) is 16.7 Å². The van der Waals surface area contributed by atoms with Crippen LogP contribution in [0.4, 0.5) is 0 Å². The molecule has 1 saturated heterocycles. The molecule has 1 aliphatic rings. The number of para-hydroxylation sites is 1. The first-order valence-electron chi connectivity index (χ1n) is 8.28. The maximum absolute atomic E-state index is 11.9. The minimum absolute atomic E-state index is 0.0254. The van der Waals surface area contributed by atoms with Crippen LogP contribution in [0.25, 0.3) is 5.69 Å². The van der Waals surface area contributed by atoms with Crippen LogP contribution in [0, 0.1) is 6.92 Å². The Hall–Kier alpha value is -2.70. The predicted molar refractivity (Wildman–Crippen MR) is 97.1 cm³/mol. The molecule has 26 heavy (non-hydrogen) atoms. The van der Waals surface area contributed by atoms with Gasteiger partial charge < -0.3 is 10.1 Å². The largest absolute Gasteiger partial charge is 0.358 e. The summed E-state index contributed by atoms with van der Waals surface area (Å²) >= 11 is 6.36. The second-order valence-corrected chi connectivity index (χ2v) is 6.48. The number of nitrogens with zero attached hydrogens (tertiary/aromatic N) is 3. The molecule has 0 radical (unpaired) electrons. The van der Waals surface area contributed by atoms with Crippen molar-refractivity contribution in [3.8, 4) is 5.69 Å². The summed E-state index contributed by atoms with van der Waals surface area (Å²) in [4.78, 5) is 16.5. The van der Waals surface area contributed by atoms with Crippen molar-refractivity contribution in [3.05, 3.63) is 76.8 Å². The van der Waals surface area contributed by atoms with Gasteiger partial charge in [-0.3, -0.25) is 4.79 Å². The van der Waals surface area contributed by atoms with Crippen LogP contribution in [0.15, 0.2) is 54.6 Å². The summed E-state index contributed by atoms with van der Waals surface area (Å²) in [5, 5.41) is 8.06. The summed E-state index contributed by atoms with van der Waals surface area (Å²) < 4.78 is 7.57. The van der Waals surface area contributed by atoms with Gasteiger partial charge in [-0.05, 0) is 24.6 Å². The smallest absolute Gasteiger partial charge is 0.246 e. The molecule has 1 aliphatic heterocycles. The number of aromatic nitrogens is 3. The average Bonchev–Trinajstić information content (AvgIpc) is 3.04. The van der Waals surface area contributed by atoms with Gasteiger partial charge in [0.15, 0.2) is 5.82 Å². The highest BCUT2D eigenvalue weighted by Gasteiger charge is 2.36. The van der Waals surface area contributed by atoms with Gasteiger partial charge in [0.05, 0.1) is 16.8 Å². The molecule has 1 amide bonds. The van der Waals surface area contributed by atoms with E-state index in [1.807, 2.05) is 55.5 Å². The molecule has 132 valence electrons. The van der Waals surface area contributed by atoms with Crippen molar-refractivity contribution in [2.45, 2.75) is 19.1 Å². The van der Waals surface area contributed by atoms with Crippen molar-refractivity contribution in [3.63, 3.8) is 0 Å². The van der Waals surface area contributed by atoms with Crippen molar-refractivity contribution in [1.29, 1.82) is 0 Å². The number of ether oxygens (including phenoxy) is 1. The molecule has 2 heterocycles. The quantitative estimate of drug-likeness (QED) is 0.771. The molecule has 1 fully saturated rings. The number of aryl methyl sites for hydroxylation is 1. The number of nitrogens with one attached hydrogen (secondary N) is 1. The molecule has 0 spiro atoms. The van der Waals surface area contributed by atoms with Crippen molar-refractivity contribution < 1.29 is 9.53 Å². The SMILES string of the molecule is Cc1nc([C@H]2OCC(=O)N[C@@H]2c2ccccc2)n(-c2ccccc2Cl)n1. The lowest BCUT2D eigenvalue weighted by molar-refractivity contribution is -0.138. The van der Waals surface area contributed by atoms with Gasteiger partial charge in [-0.25, -0.2) is 9.67 Å². The van der Waals surface area contributed by atoms with Crippen LogP contribution in [-0.2, 0) is 9.53 Å². The number of rotatable bonds is 3. The zero-order valence-electron chi connectivity index (χ0n) is 14.1. The maximum Gasteiger partial charge on any atom is 0.246 e. The molecule has 6 nitrogen and oxygen atoms in total. The Morgan fingerprint density at radius 1 is 1.15 bits per heavy atom. The number of benzene rings is 2. The maximum atomic E-state index is 11.9. The van der Waals surface area contributed by atoms with E-state index >= 15 is 0 Å². The molecule has 0 saturated carbocycles. The molecular weight excluding hydrogens is 352 g/mol. The first-order valence-corrected chi connectivity index (χ1v) is 8.65. The Morgan fingerprint density at radius 2 is 1.88 bits per heavy atom. The van der Waals surface area contributed by atoms with Crippen LogP contribution in [0.3, 0.4) is 0 Å². The fraction of sp³-hybridized carbons (Fsp3) is 0.211. The van der Waals surface area contributed by atoms with Crippen LogP contribution in [0.5, 0.6) is 0 Å². The summed E-state index contributed by atoms with van der Waals surface area (Å²) in [6.45, 7) is 1.79. The molecule has 2 aromatic carbocycles. The van der Waals surface area contributed by atoms with Gasteiger partial charge in [0.1, 0.15) is 18.5 Å². The second kappa shape index (κ2) is 6.90. The van der Waals surface area contributed by atoms with E-state index in [-0.39, 0.29) is 18.6 Å². The van der Waals surface area contributed by atoms with Crippen LogP contribution < -0.4 is 5.32 Å². The van der Waals surface area contributed by atoms with Gasteiger partial charge in [0.25, 0.3) is 0 Å². The number of hydrogen-bond acceptors (Lipinski definition) is 4. The lowest BCUT2D eigenvalue weighted by atomic mass is 9.99. The normalized spacial score (nSPS) is 20.0. The van der Waals surface area contributed by atoms with E-state index in [2.05, 4.69) is 15.4 Å². The summed E-state index contributed by atoms with van der Waals surface area (Å²) in [7, 11) is 0. The van der Waals surface area contributed by atoms with Crippen LogP contribution in [0.1, 0.15) is 29.4 Å². The van der Waals surface area contributed by atoms with Crippen molar-refractivity contribution in [2.24, 2.45) is 0 Å². The summed E-state index contributed by atoms with van der Waals surface area (Å²) in [6, 6.07) is 16.8. The van der Waals surface area contributed by atoms with E-state index < -0.39 is 6.10 Å². The molecule has 7 heteroatoms. The predicted octanol–water partition coefficient (Wildman–Crippen LogP) is 3.16. The summed E-state index contributed by atoms with van der Waals surface area (Å²) in [6.07, 6.45) is -0.479. The molecule has 0 bridgehead atoms. The summed E-state index contributed by atoms with van der Waals surface area (Å²) in [5.74, 6) is 1.05. The Balaban J connectivity index is 1.81. The standard InChI is InChI=1S/C19H17ClN4O2/c1-12-21-19(24(23-12)15-10-6-5-9-14(15)20)18-17(22-16(25)11-26-18)13-7-3-2-4-8-13/h2-10,17-18H,11H2,1H3,(H,22,25)/t17-,18+/m1/s1.